The molecule has 0 aliphatic heterocycles. The fraction of sp³-hybridized carbons (Fsp3) is 0. The van der Waals surface area contributed by atoms with Gasteiger partial charge in [-0.2, -0.15) is 0 Å². The van der Waals surface area contributed by atoms with E-state index in [1.807, 2.05) is 6.07 Å². The molecule has 6 heteroatoms. The zero-order chi connectivity index (χ0) is 14.0. The lowest BCUT2D eigenvalue weighted by molar-refractivity contribution is 0.0698. The molecule has 2 rings (SSSR count). The molecule has 4 N–H and O–H groups in total. The van der Waals surface area contributed by atoms with E-state index in [0.29, 0.717) is 22.1 Å². The molecule has 98 valence electrons. The van der Waals surface area contributed by atoms with Gasteiger partial charge in [-0.3, -0.25) is 0 Å². The van der Waals surface area contributed by atoms with Gasteiger partial charge in [-0.1, -0.05) is 27.5 Å². The summed E-state index contributed by atoms with van der Waals surface area (Å²) in [5.41, 5.74) is 7.13. The normalized spacial score (nSPS) is 10.2. The number of hydrogen-bond donors (Lipinski definition) is 3. The van der Waals surface area contributed by atoms with Crippen molar-refractivity contribution < 1.29 is 9.90 Å². The molecule has 0 aliphatic rings. The SMILES string of the molecule is Nc1ccc(Nc2ccc(Br)cc2Cl)c(C(=O)O)c1. The van der Waals surface area contributed by atoms with Crippen molar-refractivity contribution in [2.24, 2.45) is 0 Å². The largest absolute Gasteiger partial charge is 0.478 e. The molecule has 19 heavy (non-hydrogen) atoms. The van der Waals surface area contributed by atoms with Crippen LogP contribution in [0.15, 0.2) is 40.9 Å². The van der Waals surface area contributed by atoms with Gasteiger partial charge < -0.3 is 16.2 Å². The van der Waals surface area contributed by atoms with Crippen molar-refractivity contribution in [3.8, 4) is 0 Å². The number of carboxylic acids is 1. The maximum absolute atomic E-state index is 11.2. The van der Waals surface area contributed by atoms with Crippen molar-refractivity contribution in [3.63, 3.8) is 0 Å². The molecule has 0 radical (unpaired) electrons. The number of hydrogen-bond acceptors (Lipinski definition) is 3. The number of carbonyl (C=O) groups is 1. The summed E-state index contributed by atoms with van der Waals surface area (Å²) < 4.78 is 0.846. The Morgan fingerprint density at radius 1 is 1.21 bits per heavy atom. The maximum Gasteiger partial charge on any atom is 0.337 e. The van der Waals surface area contributed by atoms with Crippen LogP contribution in [0.5, 0.6) is 0 Å². The Labute approximate surface area is 123 Å². The summed E-state index contributed by atoms with van der Waals surface area (Å²) in [6.45, 7) is 0. The summed E-state index contributed by atoms with van der Waals surface area (Å²) in [5.74, 6) is -1.05. The first-order valence-electron chi connectivity index (χ1n) is 5.32. The lowest BCUT2D eigenvalue weighted by Crippen LogP contribution is -2.04. The summed E-state index contributed by atoms with van der Waals surface area (Å²) in [4.78, 5) is 11.2. The average Bonchev–Trinajstić information content (AvgIpc) is 2.34. The monoisotopic (exact) mass is 340 g/mol. The number of rotatable bonds is 3. The summed E-state index contributed by atoms with van der Waals surface area (Å²) in [5, 5.41) is 12.6. The molecule has 4 nitrogen and oxygen atoms in total. The predicted molar refractivity (Wildman–Crippen MR) is 80.2 cm³/mol. The van der Waals surface area contributed by atoms with Crippen molar-refractivity contribution in [1.82, 2.24) is 0 Å². The second-order valence-electron chi connectivity index (χ2n) is 3.86. The molecule has 0 bridgehead atoms. The van der Waals surface area contributed by atoms with Crippen LogP contribution in [-0.4, -0.2) is 11.1 Å². The van der Waals surface area contributed by atoms with Crippen molar-refractivity contribution >= 4 is 50.6 Å². The number of nitrogens with two attached hydrogens (primary N) is 1. The van der Waals surface area contributed by atoms with E-state index >= 15 is 0 Å². The molecule has 0 aromatic heterocycles. The predicted octanol–water partition coefficient (Wildman–Crippen LogP) is 4.13. The number of nitrogen functional groups attached to an aromatic ring is 1. The minimum atomic E-state index is -1.05. The molecule has 0 heterocycles. The van der Waals surface area contributed by atoms with E-state index in [0.717, 1.165) is 4.47 Å². The standard InChI is InChI=1S/C13H10BrClN2O2/c14-7-1-3-12(10(15)5-7)17-11-4-2-8(16)6-9(11)13(18)19/h1-6,17H,16H2,(H,18,19). The van der Waals surface area contributed by atoms with Crippen LogP contribution in [0.4, 0.5) is 17.1 Å². The number of anilines is 3. The van der Waals surface area contributed by atoms with Gasteiger partial charge in [0.25, 0.3) is 0 Å². The van der Waals surface area contributed by atoms with Gasteiger partial charge >= 0.3 is 5.97 Å². The Kier molecular flexibility index (Phi) is 3.97. The minimum Gasteiger partial charge on any atom is -0.478 e. The Morgan fingerprint density at radius 2 is 1.89 bits per heavy atom. The summed E-state index contributed by atoms with van der Waals surface area (Å²) in [7, 11) is 0. The summed E-state index contributed by atoms with van der Waals surface area (Å²) in [6, 6.07) is 9.93. The van der Waals surface area contributed by atoms with Crippen LogP contribution in [0, 0.1) is 0 Å². The van der Waals surface area contributed by atoms with Gasteiger partial charge in [-0.05, 0) is 36.4 Å². The molecule has 2 aromatic rings. The number of nitrogens with one attached hydrogen (secondary N) is 1. The second kappa shape index (κ2) is 5.50. The first kappa shape index (κ1) is 13.7. The molecule has 0 aliphatic carbocycles. The summed E-state index contributed by atoms with van der Waals surface area (Å²) in [6.07, 6.45) is 0. The van der Waals surface area contributed by atoms with E-state index in [-0.39, 0.29) is 5.56 Å². The Hall–Kier alpha value is -1.72. The fourth-order valence-electron chi connectivity index (χ4n) is 1.58. The molecular weight excluding hydrogens is 332 g/mol. The summed E-state index contributed by atoms with van der Waals surface area (Å²) >= 11 is 9.38. The van der Waals surface area contributed by atoms with E-state index in [9.17, 15) is 4.79 Å². The van der Waals surface area contributed by atoms with Crippen LogP contribution >= 0.6 is 27.5 Å². The zero-order valence-corrected chi connectivity index (χ0v) is 12.0. The fourth-order valence-corrected chi connectivity index (χ4v) is 2.30. The van der Waals surface area contributed by atoms with Crippen LogP contribution in [0.3, 0.4) is 0 Å². The quantitative estimate of drug-likeness (QED) is 0.734. The first-order chi connectivity index (χ1) is 8.97. The molecule has 0 atom stereocenters. The number of aromatic carboxylic acids is 1. The average molecular weight is 342 g/mol. The van der Waals surface area contributed by atoms with Crippen LogP contribution < -0.4 is 11.1 Å². The van der Waals surface area contributed by atoms with Crippen molar-refractivity contribution in [1.29, 1.82) is 0 Å². The van der Waals surface area contributed by atoms with E-state index in [1.54, 1.807) is 24.3 Å². The molecule has 0 spiro atoms. The van der Waals surface area contributed by atoms with Crippen molar-refractivity contribution in [2.45, 2.75) is 0 Å². The first-order valence-corrected chi connectivity index (χ1v) is 6.49. The van der Waals surface area contributed by atoms with Crippen LogP contribution in [0.2, 0.25) is 5.02 Å². The Morgan fingerprint density at radius 3 is 2.53 bits per heavy atom. The highest BCUT2D eigenvalue weighted by Gasteiger charge is 2.11. The molecule has 2 aromatic carbocycles. The van der Waals surface area contributed by atoms with Crippen molar-refractivity contribution in [3.05, 3.63) is 51.5 Å². The molecule has 0 saturated carbocycles. The maximum atomic E-state index is 11.2. The van der Waals surface area contributed by atoms with Crippen molar-refractivity contribution in [2.75, 3.05) is 11.1 Å². The van der Waals surface area contributed by atoms with E-state index < -0.39 is 5.97 Å². The van der Waals surface area contributed by atoms with Gasteiger partial charge in [0, 0.05) is 10.2 Å². The van der Waals surface area contributed by atoms with E-state index in [1.165, 1.54) is 6.07 Å². The highest BCUT2D eigenvalue weighted by atomic mass is 79.9. The van der Waals surface area contributed by atoms with Crippen LogP contribution in [-0.2, 0) is 0 Å². The molecule has 0 amide bonds. The second-order valence-corrected chi connectivity index (χ2v) is 5.18. The third-order valence-corrected chi connectivity index (χ3v) is 3.28. The van der Waals surface area contributed by atoms with Gasteiger partial charge in [0.1, 0.15) is 0 Å². The lowest BCUT2D eigenvalue weighted by atomic mass is 10.1. The Bertz CT molecular complexity index is 647. The molecule has 0 unspecified atom stereocenters. The van der Waals surface area contributed by atoms with Crippen LogP contribution in [0.1, 0.15) is 10.4 Å². The third kappa shape index (κ3) is 3.19. The smallest absolute Gasteiger partial charge is 0.337 e. The highest BCUT2D eigenvalue weighted by Crippen LogP contribution is 2.30. The van der Waals surface area contributed by atoms with Gasteiger partial charge in [0.05, 0.1) is 22.0 Å². The topological polar surface area (TPSA) is 75.3 Å². The van der Waals surface area contributed by atoms with E-state index in [2.05, 4.69) is 21.2 Å². The van der Waals surface area contributed by atoms with Gasteiger partial charge in [0.15, 0.2) is 0 Å². The minimum absolute atomic E-state index is 0.0963. The van der Waals surface area contributed by atoms with Gasteiger partial charge in [0.2, 0.25) is 0 Å². The zero-order valence-electron chi connectivity index (χ0n) is 9.65. The van der Waals surface area contributed by atoms with E-state index in [4.69, 9.17) is 22.4 Å². The lowest BCUT2D eigenvalue weighted by Gasteiger charge is -2.12. The molecule has 0 fully saturated rings. The Balaban J connectivity index is 2.40. The third-order valence-electron chi connectivity index (χ3n) is 2.47. The van der Waals surface area contributed by atoms with Gasteiger partial charge in [-0.15, -0.1) is 0 Å². The number of halogens is 2. The number of benzene rings is 2. The number of carboxylic acid groups (broad SMARTS) is 1. The van der Waals surface area contributed by atoms with Crippen LogP contribution in [0.25, 0.3) is 0 Å². The molecule has 0 saturated heterocycles. The van der Waals surface area contributed by atoms with Gasteiger partial charge in [-0.25, -0.2) is 4.79 Å². The highest BCUT2D eigenvalue weighted by molar-refractivity contribution is 9.10. The molecular formula is C13H10BrClN2O2.